The van der Waals surface area contributed by atoms with Crippen LogP contribution in [0.5, 0.6) is 0 Å². The van der Waals surface area contributed by atoms with E-state index in [0.717, 1.165) is 39.3 Å². The molecule has 1 atom stereocenters. The average Bonchev–Trinajstić information content (AvgIpc) is 2.79. The van der Waals surface area contributed by atoms with Crippen LogP contribution in [-0.2, 0) is 19.1 Å². The van der Waals surface area contributed by atoms with Gasteiger partial charge in [0.25, 0.3) is 0 Å². The molecule has 6 nitrogen and oxygen atoms in total. The Balaban J connectivity index is 1.60. The largest absolute Gasteiger partial charge is 0.507 e. The highest BCUT2D eigenvalue weighted by molar-refractivity contribution is 6.21. The third-order valence-electron chi connectivity index (χ3n) is 6.59. The van der Waals surface area contributed by atoms with Crippen LogP contribution in [-0.4, -0.2) is 60.7 Å². The summed E-state index contributed by atoms with van der Waals surface area (Å²) in [6, 6.07) is 0. The number of ether oxygens (including phenoxy) is 2. The maximum Gasteiger partial charge on any atom is 0.346 e. The predicted molar refractivity (Wildman–Crippen MR) is 92.1 cm³/mol. The molecule has 2 fully saturated rings. The Hall–Kier alpha value is -1.40. The SMILES string of the molecule is CC1(C)C(C(=O)C2=C(O)C(CCCN3CCOCC3)OC2=O)C1(C)C. The molecule has 1 unspecified atom stereocenters. The van der Waals surface area contributed by atoms with E-state index in [1.165, 1.54) is 0 Å². The monoisotopic (exact) mass is 351 g/mol. The number of cyclic esters (lactones) is 1. The lowest BCUT2D eigenvalue weighted by atomic mass is 9.99. The normalized spacial score (nSPS) is 29.0. The summed E-state index contributed by atoms with van der Waals surface area (Å²) in [5.74, 6) is -1.36. The molecule has 0 bridgehead atoms. The van der Waals surface area contributed by atoms with Crippen LogP contribution in [0.15, 0.2) is 11.3 Å². The van der Waals surface area contributed by atoms with E-state index < -0.39 is 12.1 Å². The fourth-order valence-electron chi connectivity index (χ4n) is 4.25. The molecule has 0 spiro atoms. The molecule has 3 rings (SSSR count). The van der Waals surface area contributed by atoms with E-state index >= 15 is 0 Å². The number of hydrogen-bond acceptors (Lipinski definition) is 6. The number of Topliss-reactive ketones (excluding diaryl/α,β-unsaturated/α-hetero) is 1. The van der Waals surface area contributed by atoms with E-state index in [4.69, 9.17) is 9.47 Å². The highest BCUT2D eigenvalue weighted by atomic mass is 16.6. The number of morpholine rings is 1. The second-order valence-electron chi connectivity index (χ2n) is 8.49. The number of aliphatic hydroxyl groups excluding tert-OH is 1. The van der Waals surface area contributed by atoms with Crippen molar-refractivity contribution in [2.24, 2.45) is 16.7 Å². The summed E-state index contributed by atoms with van der Waals surface area (Å²) in [6.45, 7) is 12.3. The molecular formula is C19H29NO5. The Morgan fingerprint density at radius 1 is 1.20 bits per heavy atom. The molecule has 140 valence electrons. The average molecular weight is 351 g/mol. The Labute approximate surface area is 149 Å². The van der Waals surface area contributed by atoms with E-state index in [2.05, 4.69) is 4.90 Å². The Kier molecular flexibility index (Phi) is 4.71. The van der Waals surface area contributed by atoms with Crippen LogP contribution in [0.25, 0.3) is 0 Å². The van der Waals surface area contributed by atoms with Gasteiger partial charge in [0.15, 0.2) is 17.6 Å². The highest BCUT2D eigenvalue weighted by Crippen LogP contribution is 2.69. The van der Waals surface area contributed by atoms with Crippen LogP contribution in [0.2, 0.25) is 0 Å². The van der Waals surface area contributed by atoms with Gasteiger partial charge in [-0.25, -0.2) is 4.79 Å². The van der Waals surface area contributed by atoms with Gasteiger partial charge in [-0.2, -0.15) is 0 Å². The maximum absolute atomic E-state index is 12.8. The third kappa shape index (κ3) is 3.10. The van der Waals surface area contributed by atoms with Crippen LogP contribution in [0.1, 0.15) is 40.5 Å². The number of aliphatic hydroxyl groups is 1. The van der Waals surface area contributed by atoms with Gasteiger partial charge >= 0.3 is 5.97 Å². The molecule has 0 aromatic carbocycles. The minimum atomic E-state index is -0.683. The molecule has 0 aromatic rings. The van der Waals surface area contributed by atoms with Crippen LogP contribution in [0.3, 0.4) is 0 Å². The lowest BCUT2D eigenvalue weighted by molar-refractivity contribution is -0.141. The fraction of sp³-hybridized carbons (Fsp3) is 0.789. The number of esters is 1. The van der Waals surface area contributed by atoms with Gasteiger partial charge in [0.1, 0.15) is 5.57 Å². The van der Waals surface area contributed by atoms with Crippen LogP contribution in [0, 0.1) is 16.7 Å². The number of carbonyl (C=O) groups excluding carboxylic acids is 2. The molecule has 1 saturated heterocycles. The molecule has 3 aliphatic rings. The molecule has 1 saturated carbocycles. The highest BCUT2D eigenvalue weighted by Gasteiger charge is 2.69. The van der Waals surface area contributed by atoms with E-state index in [-0.39, 0.29) is 33.9 Å². The Morgan fingerprint density at radius 3 is 2.36 bits per heavy atom. The minimum Gasteiger partial charge on any atom is -0.507 e. The topological polar surface area (TPSA) is 76.1 Å². The molecule has 2 heterocycles. The van der Waals surface area contributed by atoms with Gasteiger partial charge in [0, 0.05) is 19.0 Å². The quantitative estimate of drug-likeness (QED) is 0.583. The fourth-order valence-corrected chi connectivity index (χ4v) is 4.25. The zero-order chi connectivity index (χ0) is 18.4. The summed E-state index contributed by atoms with van der Waals surface area (Å²) in [7, 11) is 0. The van der Waals surface area contributed by atoms with Crippen molar-refractivity contribution in [3.63, 3.8) is 0 Å². The van der Waals surface area contributed by atoms with E-state index in [9.17, 15) is 14.7 Å². The first-order valence-corrected chi connectivity index (χ1v) is 9.16. The lowest BCUT2D eigenvalue weighted by Gasteiger charge is -2.26. The third-order valence-corrected chi connectivity index (χ3v) is 6.59. The number of nitrogens with zero attached hydrogens (tertiary/aromatic N) is 1. The number of carbonyl (C=O) groups is 2. The van der Waals surface area contributed by atoms with Crippen molar-refractivity contribution in [3.8, 4) is 0 Å². The van der Waals surface area contributed by atoms with Crippen molar-refractivity contribution in [1.29, 1.82) is 0 Å². The summed E-state index contributed by atoms with van der Waals surface area (Å²) in [4.78, 5) is 27.2. The molecular weight excluding hydrogens is 322 g/mol. The van der Waals surface area contributed by atoms with Crippen LogP contribution in [0.4, 0.5) is 0 Å². The van der Waals surface area contributed by atoms with E-state index in [1.54, 1.807) is 0 Å². The molecule has 0 amide bonds. The van der Waals surface area contributed by atoms with Crippen molar-refractivity contribution in [3.05, 3.63) is 11.3 Å². The summed E-state index contributed by atoms with van der Waals surface area (Å²) < 4.78 is 10.6. The number of ketones is 1. The molecule has 25 heavy (non-hydrogen) atoms. The Bertz CT molecular complexity index is 587. The van der Waals surface area contributed by atoms with Crippen LogP contribution >= 0.6 is 0 Å². The van der Waals surface area contributed by atoms with Gasteiger partial charge in [-0.3, -0.25) is 9.69 Å². The second kappa shape index (κ2) is 6.40. The summed E-state index contributed by atoms with van der Waals surface area (Å²) in [5.41, 5.74) is -0.474. The van der Waals surface area contributed by atoms with E-state index in [1.807, 2.05) is 27.7 Å². The first-order chi connectivity index (χ1) is 11.7. The minimum absolute atomic E-state index is 0.125. The first kappa shape index (κ1) is 18.4. The molecule has 6 heteroatoms. The standard InChI is InChI=1S/C19H29NO5/c1-18(2)16(19(18,3)4)15(22)13-14(21)12(25-17(13)23)6-5-7-20-8-10-24-11-9-20/h12,16,21H,5-11H2,1-4H3. The van der Waals surface area contributed by atoms with E-state index in [0.29, 0.717) is 6.42 Å². The number of rotatable bonds is 6. The van der Waals surface area contributed by atoms with Gasteiger partial charge in [0.05, 0.1) is 13.2 Å². The molecule has 0 radical (unpaired) electrons. The smallest absolute Gasteiger partial charge is 0.346 e. The molecule has 1 N–H and O–H groups in total. The van der Waals surface area contributed by atoms with Gasteiger partial charge in [-0.05, 0) is 30.2 Å². The molecule has 1 aliphatic carbocycles. The predicted octanol–water partition coefficient (Wildman–Crippen LogP) is 2.09. The van der Waals surface area contributed by atoms with Gasteiger partial charge in [0.2, 0.25) is 0 Å². The summed E-state index contributed by atoms with van der Waals surface area (Å²) in [6.07, 6.45) is 0.644. The van der Waals surface area contributed by atoms with Crippen LogP contribution < -0.4 is 0 Å². The van der Waals surface area contributed by atoms with Gasteiger partial charge in [-0.1, -0.05) is 27.7 Å². The zero-order valence-electron chi connectivity index (χ0n) is 15.6. The van der Waals surface area contributed by atoms with Gasteiger partial charge < -0.3 is 14.6 Å². The maximum atomic E-state index is 12.8. The molecule has 0 aromatic heterocycles. The second-order valence-corrected chi connectivity index (χ2v) is 8.49. The van der Waals surface area contributed by atoms with Gasteiger partial charge in [-0.15, -0.1) is 0 Å². The summed E-state index contributed by atoms with van der Waals surface area (Å²) in [5, 5.41) is 10.4. The lowest BCUT2D eigenvalue weighted by Crippen LogP contribution is -2.37. The van der Waals surface area contributed by atoms with Crippen molar-refractivity contribution >= 4 is 11.8 Å². The summed E-state index contributed by atoms with van der Waals surface area (Å²) >= 11 is 0. The van der Waals surface area contributed by atoms with Crippen molar-refractivity contribution in [2.75, 3.05) is 32.8 Å². The zero-order valence-corrected chi connectivity index (χ0v) is 15.6. The molecule has 2 aliphatic heterocycles. The van der Waals surface area contributed by atoms with Crippen molar-refractivity contribution in [2.45, 2.75) is 46.6 Å². The van der Waals surface area contributed by atoms with Crippen molar-refractivity contribution in [1.82, 2.24) is 4.90 Å². The first-order valence-electron chi connectivity index (χ1n) is 9.16. The van der Waals surface area contributed by atoms with Crippen molar-refractivity contribution < 1.29 is 24.2 Å². The Morgan fingerprint density at radius 2 is 1.80 bits per heavy atom. The number of hydrogen-bond donors (Lipinski definition) is 1.